The van der Waals surface area contributed by atoms with Crippen molar-refractivity contribution in [3.63, 3.8) is 0 Å². The second-order valence-corrected chi connectivity index (χ2v) is 7.29. The summed E-state index contributed by atoms with van der Waals surface area (Å²) in [5, 5.41) is 0.776. The summed E-state index contributed by atoms with van der Waals surface area (Å²) in [5.41, 5.74) is 3.50. The van der Waals surface area contributed by atoms with E-state index in [-0.39, 0.29) is 11.9 Å². The lowest BCUT2D eigenvalue weighted by molar-refractivity contribution is -0.117. The van der Waals surface area contributed by atoms with Gasteiger partial charge in [0.05, 0.1) is 0 Å². The van der Waals surface area contributed by atoms with Crippen molar-refractivity contribution < 1.29 is 4.79 Å². The Kier molecular flexibility index (Phi) is 5.77. The molecule has 0 N–H and O–H groups in total. The van der Waals surface area contributed by atoms with Crippen molar-refractivity contribution in [2.24, 2.45) is 0 Å². The van der Waals surface area contributed by atoms with Gasteiger partial charge in [0.1, 0.15) is 0 Å². The summed E-state index contributed by atoms with van der Waals surface area (Å²) in [7, 11) is 0. The average Bonchev–Trinajstić information content (AvgIpc) is 2.60. The van der Waals surface area contributed by atoms with E-state index in [4.69, 9.17) is 11.6 Å². The second-order valence-electron chi connectivity index (χ2n) is 6.86. The van der Waals surface area contributed by atoms with Crippen LogP contribution in [0.4, 0.5) is 5.69 Å². The summed E-state index contributed by atoms with van der Waals surface area (Å²) in [6.07, 6.45) is 2.00. The number of benzene rings is 2. The van der Waals surface area contributed by atoms with Crippen LogP contribution < -0.4 is 4.90 Å². The Morgan fingerprint density at radius 1 is 1.08 bits per heavy atom. The van der Waals surface area contributed by atoms with E-state index in [2.05, 4.69) is 48.2 Å². The summed E-state index contributed by atoms with van der Waals surface area (Å²) < 4.78 is 0. The summed E-state index contributed by atoms with van der Waals surface area (Å²) in [6, 6.07) is 16.6. The number of carbonyl (C=O) groups excluding carboxylic acids is 1. The zero-order valence-corrected chi connectivity index (χ0v) is 15.7. The predicted octanol–water partition coefficient (Wildman–Crippen LogP) is 4.67. The molecule has 1 aliphatic rings. The number of halogens is 1. The Morgan fingerprint density at radius 3 is 2.24 bits per heavy atom. The van der Waals surface area contributed by atoms with Crippen LogP contribution in [0.2, 0.25) is 5.02 Å². The fourth-order valence-electron chi connectivity index (χ4n) is 3.54. The molecule has 1 heterocycles. The molecular weight excluding hydrogens is 332 g/mol. The van der Waals surface area contributed by atoms with Crippen molar-refractivity contribution in [3.05, 3.63) is 64.7 Å². The molecule has 3 rings (SSSR count). The van der Waals surface area contributed by atoms with Crippen molar-refractivity contribution in [2.45, 2.75) is 39.3 Å². The van der Waals surface area contributed by atoms with Crippen LogP contribution in [0, 0.1) is 6.92 Å². The number of anilines is 1. The van der Waals surface area contributed by atoms with E-state index in [1.807, 2.05) is 17.0 Å². The zero-order chi connectivity index (χ0) is 17.8. The second kappa shape index (κ2) is 8.03. The highest BCUT2D eigenvalue weighted by Crippen LogP contribution is 2.25. The number of nitrogens with zero attached hydrogens (tertiary/aromatic N) is 2. The quantitative estimate of drug-likeness (QED) is 0.795. The maximum atomic E-state index is 12.2. The summed E-state index contributed by atoms with van der Waals surface area (Å²) in [5.74, 6) is 0.125. The minimum Gasteiger partial charge on any atom is -0.310 e. The lowest BCUT2D eigenvalue weighted by atomic mass is 10.0. The van der Waals surface area contributed by atoms with Gasteiger partial charge in [0.15, 0.2) is 0 Å². The highest BCUT2D eigenvalue weighted by Gasteiger charge is 2.27. The molecule has 1 aliphatic heterocycles. The summed E-state index contributed by atoms with van der Waals surface area (Å²) >= 11 is 5.95. The third kappa shape index (κ3) is 4.62. The van der Waals surface area contributed by atoms with E-state index in [1.54, 1.807) is 6.92 Å². The first kappa shape index (κ1) is 18.0. The molecule has 4 heteroatoms. The molecular formula is C21H25ClN2O. The van der Waals surface area contributed by atoms with E-state index >= 15 is 0 Å². The van der Waals surface area contributed by atoms with Gasteiger partial charge >= 0.3 is 0 Å². The maximum Gasteiger partial charge on any atom is 0.224 e. The molecule has 0 bridgehead atoms. The number of carbonyl (C=O) groups is 1. The van der Waals surface area contributed by atoms with Crippen LogP contribution in [0.25, 0.3) is 0 Å². The number of amides is 1. The van der Waals surface area contributed by atoms with Gasteiger partial charge in [-0.2, -0.15) is 0 Å². The van der Waals surface area contributed by atoms with E-state index < -0.39 is 0 Å². The van der Waals surface area contributed by atoms with Crippen LogP contribution in [0.3, 0.4) is 0 Å². The lowest BCUT2D eigenvalue weighted by Crippen LogP contribution is -2.46. The number of rotatable bonds is 4. The number of hydrogen-bond donors (Lipinski definition) is 0. The lowest BCUT2D eigenvalue weighted by Gasteiger charge is -2.38. The molecule has 3 nitrogen and oxygen atoms in total. The van der Waals surface area contributed by atoms with Gasteiger partial charge in [-0.3, -0.25) is 9.69 Å². The van der Waals surface area contributed by atoms with Gasteiger partial charge in [0, 0.05) is 43.3 Å². The molecule has 2 aromatic carbocycles. The van der Waals surface area contributed by atoms with Crippen molar-refractivity contribution in [3.8, 4) is 0 Å². The minimum atomic E-state index is 0.125. The van der Waals surface area contributed by atoms with Gasteiger partial charge in [0.25, 0.3) is 0 Å². The fourth-order valence-corrected chi connectivity index (χ4v) is 3.66. The van der Waals surface area contributed by atoms with Crippen molar-refractivity contribution in [2.75, 3.05) is 18.0 Å². The van der Waals surface area contributed by atoms with E-state index in [0.717, 1.165) is 43.2 Å². The SMILES string of the molecule is CC(=O)N(c1ccc(C)cc1)C1CCN(Cc2ccc(Cl)cc2)CC1. The fraction of sp³-hybridized carbons (Fsp3) is 0.381. The van der Waals surface area contributed by atoms with E-state index in [1.165, 1.54) is 11.1 Å². The van der Waals surface area contributed by atoms with Crippen LogP contribution in [-0.4, -0.2) is 29.9 Å². The van der Waals surface area contributed by atoms with Crippen LogP contribution in [0.15, 0.2) is 48.5 Å². The Morgan fingerprint density at radius 2 is 1.68 bits per heavy atom. The zero-order valence-electron chi connectivity index (χ0n) is 14.9. The Labute approximate surface area is 155 Å². The molecule has 0 saturated carbocycles. The molecule has 0 spiro atoms. The van der Waals surface area contributed by atoms with Gasteiger partial charge < -0.3 is 4.90 Å². The first-order chi connectivity index (χ1) is 12.0. The molecule has 0 radical (unpaired) electrons. The monoisotopic (exact) mass is 356 g/mol. The smallest absolute Gasteiger partial charge is 0.224 e. The largest absolute Gasteiger partial charge is 0.310 e. The van der Waals surface area contributed by atoms with Gasteiger partial charge in [-0.1, -0.05) is 41.4 Å². The average molecular weight is 357 g/mol. The maximum absolute atomic E-state index is 12.2. The van der Waals surface area contributed by atoms with Crippen molar-refractivity contribution in [1.82, 2.24) is 4.90 Å². The number of hydrogen-bond acceptors (Lipinski definition) is 2. The molecule has 0 unspecified atom stereocenters. The molecule has 2 aromatic rings. The van der Waals surface area contributed by atoms with Crippen LogP contribution in [0.1, 0.15) is 30.9 Å². The van der Waals surface area contributed by atoms with Gasteiger partial charge in [-0.15, -0.1) is 0 Å². The van der Waals surface area contributed by atoms with E-state index in [0.29, 0.717) is 0 Å². The number of likely N-dealkylation sites (tertiary alicyclic amines) is 1. The molecule has 1 saturated heterocycles. The topological polar surface area (TPSA) is 23.6 Å². The first-order valence-electron chi connectivity index (χ1n) is 8.86. The molecule has 25 heavy (non-hydrogen) atoms. The summed E-state index contributed by atoms with van der Waals surface area (Å²) in [6.45, 7) is 6.68. The van der Waals surface area contributed by atoms with Crippen LogP contribution >= 0.6 is 11.6 Å². The third-order valence-corrected chi connectivity index (χ3v) is 5.15. The van der Waals surface area contributed by atoms with E-state index in [9.17, 15) is 4.79 Å². The molecule has 1 fully saturated rings. The Bertz CT molecular complexity index is 704. The number of aryl methyl sites for hydroxylation is 1. The van der Waals surface area contributed by atoms with Gasteiger partial charge in [-0.25, -0.2) is 0 Å². The van der Waals surface area contributed by atoms with Crippen molar-refractivity contribution in [1.29, 1.82) is 0 Å². The predicted molar refractivity (Wildman–Crippen MR) is 104 cm³/mol. The molecule has 132 valence electrons. The molecule has 0 atom stereocenters. The highest BCUT2D eigenvalue weighted by atomic mass is 35.5. The Hall–Kier alpha value is -1.84. The van der Waals surface area contributed by atoms with Gasteiger partial charge in [-0.05, 0) is 49.6 Å². The highest BCUT2D eigenvalue weighted by molar-refractivity contribution is 6.30. The van der Waals surface area contributed by atoms with Crippen molar-refractivity contribution >= 4 is 23.2 Å². The molecule has 0 aliphatic carbocycles. The standard InChI is InChI=1S/C21H25ClN2O/c1-16-3-9-20(10-4-16)24(17(2)25)21-11-13-23(14-12-21)15-18-5-7-19(22)8-6-18/h3-10,21H,11-15H2,1-2H3. The Balaban J connectivity index is 1.62. The normalized spacial score (nSPS) is 16.0. The van der Waals surface area contributed by atoms with Gasteiger partial charge in [0.2, 0.25) is 5.91 Å². The van der Waals surface area contributed by atoms with Crippen LogP contribution in [-0.2, 0) is 11.3 Å². The molecule has 0 aromatic heterocycles. The number of piperidine rings is 1. The minimum absolute atomic E-state index is 0.125. The summed E-state index contributed by atoms with van der Waals surface area (Å²) in [4.78, 5) is 16.7. The third-order valence-electron chi connectivity index (χ3n) is 4.89. The van der Waals surface area contributed by atoms with Crippen LogP contribution in [0.5, 0.6) is 0 Å². The molecule has 1 amide bonds. The first-order valence-corrected chi connectivity index (χ1v) is 9.24.